The van der Waals surface area contributed by atoms with Gasteiger partial charge in [-0.2, -0.15) is 0 Å². The Morgan fingerprint density at radius 2 is 2.31 bits per heavy atom. The number of hydrogen-bond donors (Lipinski definition) is 1. The Hall–Kier alpha value is -1.09. The molecular formula is C10H14N2O. The first-order valence-corrected chi connectivity index (χ1v) is 4.62. The molecule has 0 aromatic carbocycles. The average Bonchev–Trinajstić information content (AvgIpc) is 2.87. The number of ether oxygens (including phenoxy) is 1. The van der Waals surface area contributed by atoms with Crippen LogP contribution in [0.4, 0.5) is 0 Å². The highest BCUT2D eigenvalue weighted by Gasteiger charge is 2.23. The molecule has 1 aliphatic rings. The molecular weight excluding hydrogens is 164 g/mol. The van der Waals surface area contributed by atoms with Gasteiger partial charge >= 0.3 is 0 Å². The molecule has 1 heterocycles. The molecule has 1 saturated carbocycles. The molecule has 2 rings (SSSR count). The zero-order valence-electron chi connectivity index (χ0n) is 7.79. The molecule has 0 atom stereocenters. The van der Waals surface area contributed by atoms with E-state index in [2.05, 4.69) is 4.98 Å². The lowest BCUT2D eigenvalue weighted by Gasteiger charge is -2.06. The van der Waals surface area contributed by atoms with Crippen molar-refractivity contribution < 1.29 is 4.74 Å². The largest absolute Gasteiger partial charge is 0.490 e. The van der Waals surface area contributed by atoms with Crippen LogP contribution >= 0.6 is 0 Å². The zero-order valence-corrected chi connectivity index (χ0v) is 7.79. The number of aryl methyl sites for hydroxylation is 1. The molecule has 3 nitrogen and oxygen atoms in total. The van der Waals surface area contributed by atoms with Gasteiger partial charge in [-0.1, -0.05) is 0 Å². The van der Waals surface area contributed by atoms with E-state index in [1.54, 1.807) is 0 Å². The molecule has 0 unspecified atom stereocenters. The molecule has 70 valence electrons. The van der Waals surface area contributed by atoms with Crippen molar-refractivity contribution >= 4 is 0 Å². The van der Waals surface area contributed by atoms with Crippen LogP contribution in [0.15, 0.2) is 12.1 Å². The van der Waals surface area contributed by atoms with Crippen LogP contribution in [-0.4, -0.2) is 11.1 Å². The van der Waals surface area contributed by atoms with Crippen molar-refractivity contribution in [2.75, 3.05) is 0 Å². The molecule has 0 amide bonds. The maximum Gasteiger partial charge on any atom is 0.123 e. The van der Waals surface area contributed by atoms with E-state index in [4.69, 9.17) is 10.5 Å². The first kappa shape index (κ1) is 8.51. The molecule has 0 aliphatic heterocycles. The molecule has 0 radical (unpaired) electrons. The van der Waals surface area contributed by atoms with Gasteiger partial charge in [0.2, 0.25) is 0 Å². The van der Waals surface area contributed by atoms with Crippen molar-refractivity contribution in [3.05, 3.63) is 23.5 Å². The molecule has 1 aliphatic carbocycles. The summed E-state index contributed by atoms with van der Waals surface area (Å²) in [6.07, 6.45) is 2.80. The van der Waals surface area contributed by atoms with Crippen molar-refractivity contribution in [2.24, 2.45) is 5.73 Å². The lowest BCUT2D eigenvalue weighted by molar-refractivity contribution is 0.302. The fourth-order valence-corrected chi connectivity index (χ4v) is 1.25. The van der Waals surface area contributed by atoms with Gasteiger partial charge in [0, 0.05) is 24.4 Å². The highest BCUT2D eigenvalue weighted by Crippen LogP contribution is 2.27. The molecule has 3 heteroatoms. The van der Waals surface area contributed by atoms with Crippen LogP contribution in [-0.2, 0) is 6.54 Å². The second-order valence-corrected chi connectivity index (χ2v) is 3.46. The molecule has 1 aromatic heterocycles. The number of nitrogens with two attached hydrogens (primary N) is 1. The zero-order chi connectivity index (χ0) is 9.26. The third kappa shape index (κ3) is 2.18. The average molecular weight is 178 g/mol. The normalized spacial score (nSPS) is 15.8. The second-order valence-electron chi connectivity index (χ2n) is 3.46. The monoisotopic (exact) mass is 178 g/mol. The Balaban J connectivity index is 2.17. The molecule has 0 bridgehead atoms. The highest BCUT2D eigenvalue weighted by atomic mass is 16.5. The third-order valence-corrected chi connectivity index (χ3v) is 2.02. The number of pyridine rings is 1. The summed E-state index contributed by atoms with van der Waals surface area (Å²) in [4.78, 5) is 4.28. The number of nitrogens with zero attached hydrogens (tertiary/aromatic N) is 1. The smallest absolute Gasteiger partial charge is 0.123 e. The summed E-state index contributed by atoms with van der Waals surface area (Å²) in [7, 11) is 0. The fraction of sp³-hybridized carbons (Fsp3) is 0.500. The van der Waals surface area contributed by atoms with Crippen molar-refractivity contribution in [2.45, 2.75) is 32.4 Å². The van der Waals surface area contributed by atoms with Gasteiger partial charge in [-0.25, -0.2) is 0 Å². The number of rotatable bonds is 3. The Morgan fingerprint density at radius 1 is 1.54 bits per heavy atom. The van der Waals surface area contributed by atoms with Gasteiger partial charge in [0.15, 0.2) is 0 Å². The molecule has 0 saturated heterocycles. The predicted molar refractivity (Wildman–Crippen MR) is 50.5 cm³/mol. The predicted octanol–water partition coefficient (Wildman–Crippen LogP) is 1.39. The van der Waals surface area contributed by atoms with E-state index in [1.165, 1.54) is 12.8 Å². The molecule has 0 spiro atoms. The summed E-state index contributed by atoms with van der Waals surface area (Å²) in [5.41, 5.74) is 7.39. The van der Waals surface area contributed by atoms with Crippen LogP contribution < -0.4 is 10.5 Å². The lowest BCUT2D eigenvalue weighted by Crippen LogP contribution is -2.03. The Bertz CT molecular complexity index is 308. The SMILES string of the molecule is Cc1cc(OC2CC2)cc(CN)n1. The van der Waals surface area contributed by atoms with Gasteiger partial charge in [-0.05, 0) is 19.8 Å². The van der Waals surface area contributed by atoms with E-state index >= 15 is 0 Å². The summed E-state index contributed by atoms with van der Waals surface area (Å²) in [6.45, 7) is 2.43. The van der Waals surface area contributed by atoms with Crippen molar-refractivity contribution in [3.8, 4) is 5.75 Å². The van der Waals surface area contributed by atoms with E-state index in [9.17, 15) is 0 Å². The first-order chi connectivity index (χ1) is 6.28. The Kier molecular flexibility index (Phi) is 2.19. The maximum absolute atomic E-state index is 5.65. The van der Waals surface area contributed by atoms with Gasteiger partial charge in [-0.3, -0.25) is 4.98 Å². The second kappa shape index (κ2) is 3.34. The van der Waals surface area contributed by atoms with Gasteiger partial charge in [0.25, 0.3) is 0 Å². The van der Waals surface area contributed by atoms with Crippen molar-refractivity contribution in [1.82, 2.24) is 4.98 Å². The van der Waals surface area contributed by atoms with E-state index in [1.807, 2.05) is 19.1 Å². The third-order valence-electron chi connectivity index (χ3n) is 2.02. The summed E-state index contributed by atoms with van der Waals surface area (Å²) in [6, 6.07) is 3.88. The quantitative estimate of drug-likeness (QED) is 0.760. The van der Waals surface area contributed by atoms with Gasteiger partial charge in [-0.15, -0.1) is 0 Å². The van der Waals surface area contributed by atoms with Crippen molar-refractivity contribution in [1.29, 1.82) is 0 Å². The lowest BCUT2D eigenvalue weighted by atomic mass is 10.3. The topological polar surface area (TPSA) is 48.1 Å². The summed E-state index contributed by atoms with van der Waals surface area (Å²) in [5.74, 6) is 0.912. The van der Waals surface area contributed by atoms with Crippen LogP contribution in [0.5, 0.6) is 5.75 Å². The van der Waals surface area contributed by atoms with Gasteiger partial charge in [0.05, 0.1) is 11.8 Å². The minimum absolute atomic E-state index is 0.437. The van der Waals surface area contributed by atoms with Crippen LogP contribution in [0.1, 0.15) is 24.2 Å². The molecule has 1 fully saturated rings. The van der Waals surface area contributed by atoms with E-state index in [0.29, 0.717) is 12.6 Å². The van der Waals surface area contributed by atoms with E-state index in [-0.39, 0.29) is 0 Å². The number of aromatic nitrogens is 1. The van der Waals surface area contributed by atoms with Gasteiger partial charge in [0.1, 0.15) is 5.75 Å². The molecule has 2 N–H and O–H groups in total. The van der Waals surface area contributed by atoms with E-state index in [0.717, 1.165) is 17.1 Å². The molecule has 13 heavy (non-hydrogen) atoms. The highest BCUT2D eigenvalue weighted by molar-refractivity contribution is 5.27. The minimum Gasteiger partial charge on any atom is -0.490 e. The van der Waals surface area contributed by atoms with Crippen LogP contribution in [0.3, 0.4) is 0 Å². The van der Waals surface area contributed by atoms with Crippen LogP contribution in [0.25, 0.3) is 0 Å². The molecule has 1 aromatic rings. The van der Waals surface area contributed by atoms with Gasteiger partial charge < -0.3 is 10.5 Å². The standard InChI is InChI=1S/C10H14N2O/c1-7-4-10(13-9-2-3-9)5-8(6-11)12-7/h4-5,9H,2-3,6,11H2,1H3. The van der Waals surface area contributed by atoms with Crippen LogP contribution in [0, 0.1) is 6.92 Å². The Labute approximate surface area is 77.9 Å². The maximum atomic E-state index is 5.65. The minimum atomic E-state index is 0.437. The van der Waals surface area contributed by atoms with E-state index < -0.39 is 0 Å². The first-order valence-electron chi connectivity index (χ1n) is 4.62. The summed E-state index contributed by atoms with van der Waals surface area (Å²) in [5, 5.41) is 0. The number of hydrogen-bond acceptors (Lipinski definition) is 3. The summed E-state index contributed by atoms with van der Waals surface area (Å²) < 4.78 is 5.65. The Morgan fingerprint density at radius 3 is 2.92 bits per heavy atom. The van der Waals surface area contributed by atoms with Crippen molar-refractivity contribution in [3.63, 3.8) is 0 Å². The fourth-order valence-electron chi connectivity index (χ4n) is 1.25. The summed E-state index contributed by atoms with van der Waals surface area (Å²) >= 11 is 0. The van der Waals surface area contributed by atoms with Crippen LogP contribution in [0.2, 0.25) is 0 Å².